The van der Waals surface area contributed by atoms with Crippen molar-refractivity contribution >= 4 is 27.7 Å². The van der Waals surface area contributed by atoms with Crippen LogP contribution in [0.3, 0.4) is 0 Å². The van der Waals surface area contributed by atoms with E-state index in [1.165, 1.54) is 12.1 Å². The van der Waals surface area contributed by atoms with E-state index in [0.717, 1.165) is 11.1 Å². The number of carbonyl (C=O) groups excluding carboxylic acids is 3. The Hall–Kier alpha value is -2.98. The van der Waals surface area contributed by atoms with Gasteiger partial charge in [0.1, 0.15) is 6.54 Å². The van der Waals surface area contributed by atoms with Gasteiger partial charge in [-0.25, -0.2) is 13.2 Å². The van der Waals surface area contributed by atoms with Crippen LogP contribution in [0, 0.1) is 27.7 Å². The lowest BCUT2D eigenvalue weighted by Gasteiger charge is -2.09. The van der Waals surface area contributed by atoms with E-state index in [-0.39, 0.29) is 22.8 Å². The van der Waals surface area contributed by atoms with Gasteiger partial charge in [-0.2, -0.15) is 4.72 Å². The highest BCUT2D eigenvalue weighted by Gasteiger charge is 2.24. The molecule has 10 heteroatoms. The summed E-state index contributed by atoms with van der Waals surface area (Å²) in [7, 11) is -3.90. The standard InChI is InChI=1S/C21H26N2O7S/c1-6-29-21(26)19-14(4)20(23-15(19)5)17(24)11-30-18(25)10-22-31(27,28)16-8-7-12(2)13(3)9-16/h7-9,22-23H,6,10-11H2,1-5H3. The number of benzene rings is 1. The number of aromatic nitrogens is 1. The van der Waals surface area contributed by atoms with Crippen molar-refractivity contribution in [2.75, 3.05) is 19.8 Å². The third-order valence-corrected chi connectivity index (χ3v) is 6.15. The fourth-order valence-corrected chi connectivity index (χ4v) is 3.98. The molecule has 0 saturated carbocycles. The van der Waals surface area contributed by atoms with Gasteiger partial charge in [0.15, 0.2) is 6.61 Å². The molecule has 31 heavy (non-hydrogen) atoms. The van der Waals surface area contributed by atoms with Gasteiger partial charge in [-0.3, -0.25) is 9.59 Å². The molecule has 0 aliphatic rings. The third kappa shape index (κ3) is 5.80. The molecule has 1 heterocycles. The zero-order valence-corrected chi connectivity index (χ0v) is 18.9. The van der Waals surface area contributed by atoms with Gasteiger partial charge in [0.2, 0.25) is 15.8 Å². The Labute approximate surface area is 181 Å². The highest BCUT2D eigenvalue weighted by molar-refractivity contribution is 7.89. The molecule has 0 aliphatic carbocycles. The number of ketones is 1. The van der Waals surface area contributed by atoms with E-state index in [2.05, 4.69) is 9.71 Å². The van der Waals surface area contributed by atoms with Crippen LogP contribution >= 0.6 is 0 Å². The summed E-state index contributed by atoms with van der Waals surface area (Å²) in [6.07, 6.45) is 0. The molecule has 0 atom stereocenters. The summed E-state index contributed by atoms with van der Waals surface area (Å²) in [4.78, 5) is 39.2. The highest BCUT2D eigenvalue weighted by Crippen LogP contribution is 2.19. The molecule has 168 valence electrons. The summed E-state index contributed by atoms with van der Waals surface area (Å²) in [6, 6.07) is 4.62. The Morgan fingerprint density at radius 2 is 1.71 bits per heavy atom. The molecule has 1 aromatic carbocycles. The summed E-state index contributed by atoms with van der Waals surface area (Å²) >= 11 is 0. The van der Waals surface area contributed by atoms with Gasteiger partial charge in [0.25, 0.3) is 0 Å². The molecule has 0 aliphatic heterocycles. The Morgan fingerprint density at radius 1 is 1.03 bits per heavy atom. The fraction of sp³-hybridized carbons (Fsp3) is 0.381. The lowest BCUT2D eigenvalue weighted by atomic mass is 10.1. The lowest BCUT2D eigenvalue weighted by molar-refractivity contribution is -0.141. The van der Waals surface area contributed by atoms with Crippen LogP contribution in [0.15, 0.2) is 23.1 Å². The second kappa shape index (κ2) is 9.88. The molecular weight excluding hydrogens is 424 g/mol. The van der Waals surface area contributed by atoms with Crippen molar-refractivity contribution in [1.29, 1.82) is 0 Å². The first-order valence-electron chi connectivity index (χ1n) is 9.60. The number of esters is 2. The maximum Gasteiger partial charge on any atom is 0.340 e. The number of nitrogens with one attached hydrogen (secondary N) is 2. The monoisotopic (exact) mass is 450 g/mol. The Bertz CT molecular complexity index is 1120. The fourth-order valence-electron chi connectivity index (χ4n) is 2.93. The van der Waals surface area contributed by atoms with E-state index >= 15 is 0 Å². The molecule has 0 amide bonds. The van der Waals surface area contributed by atoms with Crippen LogP contribution in [0.2, 0.25) is 0 Å². The van der Waals surface area contributed by atoms with E-state index < -0.39 is 40.9 Å². The summed E-state index contributed by atoms with van der Waals surface area (Å²) in [6.45, 7) is 7.50. The van der Waals surface area contributed by atoms with Gasteiger partial charge in [-0.05, 0) is 63.4 Å². The van der Waals surface area contributed by atoms with Crippen LogP contribution in [-0.4, -0.2) is 50.9 Å². The first-order valence-corrected chi connectivity index (χ1v) is 11.1. The van der Waals surface area contributed by atoms with Crippen LogP contribution in [0.25, 0.3) is 0 Å². The zero-order valence-electron chi connectivity index (χ0n) is 18.1. The predicted molar refractivity (Wildman–Crippen MR) is 113 cm³/mol. The Balaban J connectivity index is 1.97. The Morgan fingerprint density at radius 3 is 2.32 bits per heavy atom. The molecule has 0 spiro atoms. The summed E-state index contributed by atoms with van der Waals surface area (Å²) in [5.74, 6) is -2.01. The minimum atomic E-state index is -3.90. The molecule has 2 aromatic rings. The summed E-state index contributed by atoms with van der Waals surface area (Å²) in [5, 5.41) is 0. The molecule has 0 bridgehead atoms. The molecule has 9 nitrogen and oxygen atoms in total. The van der Waals surface area contributed by atoms with Gasteiger partial charge in [-0.15, -0.1) is 0 Å². The topological polar surface area (TPSA) is 132 Å². The summed E-state index contributed by atoms with van der Waals surface area (Å²) in [5.41, 5.74) is 2.99. The number of ether oxygens (including phenoxy) is 2. The number of rotatable bonds is 9. The lowest BCUT2D eigenvalue weighted by Crippen LogP contribution is -2.31. The highest BCUT2D eigenvalue weighted by atomic mass is 32.2. The molecule has 2 rings (SSSR count). The van der Waals surface area contributed by atoms with Crippen molar-refractivity contribution in [3.05, 3.63) is 51.8 Å². The number of H-pyrrole nitrogens is 1. The van der Waals surface area contributed by atoms with Crippen LogP contribution in [0.4, 0.5) is 0 Å². The van der Waals surface area contributed by atoms with Gasteiger partial charge in [0.05, 0.1) is 22.8 Å². The number of aromatic amines is 1. The first-order chi connectivity index (χ1) is 14.5. The van der Waals surface area contributed by atoms with Crippen molar-refractivity contribution in [3.63, 3.8) is 0 Å². The maximum atomic E-state index is 12.4. The SMILES string of the molecule is CCOC(=O)c1c(C)[nH]c(C(=O)COC(=O)CNS(=O)(=O)c2ccc(C)c(C)c2)c1C. The second-order valence-electron chi connectivity index (χ2n) is 7.00. The van der Waals surface area contributed by atoms with Crippen LogP contribution < -0.4 is 4.72 Å². The molecule has 0 fully saturated rings. The van der Waals surface area contributed by atoms with Gasteiger partial charge in [-0.1, -0.05) is 6.07 Å². The zero-order chi connectivity index (χ0) is 23.3. The normalized spacial score (nSPS) is 11.3. The van der Waals surface area contributed by atoms with E-state index in [9.17, 15) is 22.8 Å². The number of hydrogen-bond acceptors (Lipinski definition) is 7. The Kier molecular flexibility index (Phi) is 7.75. The molecule has 2 N–H and O–H groups in total. The quantitative estimate of drug-likeness (QED) is 0.442. The average Bonchev–Trinajstić information content (AvgIpc) is 3.01. The molecule has 0 unspecified atom stereocenters. The molecule has 0 radical (unpaired) electrons. The number of Topliss-reactive ketones (excluding diaryl/α,β-unsaturated/α-hetero) is 1. The van der Waals surface area contributed by atoms with E-state index in [0.29, 0.717) is 11.3 Å². The van der Waals surface area contributed by atoms with E-state index in [4.69, 9.17) is 9.47 Å². The number of aryl methyl sites for hydroxylation is 3. The van der Waals surface area contributed by atoms with Crippen LogP contribution in [-0.2, 0) is 24.3 Å². The van der Waals surface area contributed by atoms with Crippen LogP contribution in [0.1, 0.15) is 50.2 Å². The van der Waals surface area contributed by atoms with Crippen LogP contribution in [0.5, 0.6) is 0 Å². The largest absolute Gasteiger partial charge is 0.462 e. The molecular formula is C21H26N2O7S. The van der Waals surface area contributed by atoms with Crippen molar-refractivity contribution in [3.8, 4) is 0 Å². The second-order valence-corrected chi connectivity index (χ2v) is 8.77. The molecule has 1 aromatic heterocycles. The van der Waals surface area contributed by atoms with Gasteiger partial charge in [0, 0.05) is 5.69 Å². The first kappa shape index (κ1) is 24.3. The number of hydrogen-bond donors (Lipinski definition) is 2. The average molecular weight is 451 g/mol. The maximum absolute atomic E-state index is 12.4. The van der Waals surface area contributed by atoms with Crippen molar-refractivity contribution < 1.29 is 32.3 Å². The van der Waals surface area contributed by atoms with Crippen molar-refractivity contribution in [2.24, 2.45) is 0 Å². The van der Waals surface area contributed by atoms with Gasteiger partial charge < -0.3 is 14.5 Å². The van der Waals surface area contributed by atoms with Crippen molar-refractivity contribution in [2.45, 2.75) is 39.5 Å². The minimum absolute atomic E-state index is 0.0310. The molecule has 0 saturated heterocycles. The summed E-state index contributed by atoms with van der Waals surface area (Å²) < 4.78 is 36.7. The van der Waals surface area contributed by atoms with E-state index in [1.54, 1.807) is 33.8 Å². The minimum Gasteiger partial charge on any atom is -0.462 e. The van der Waals surface area contributed by atoms with Gasteiger partial charge >= 0.3 is 11.9 Å². The third-order valence-electron chi connectivity index (χ3n) is 4.76. The van der Waals surface area contributed by atoms with E-state index in [1.807, 2.05) is 6.92 Å². The van der Waals surface area contributed by atoms with Crippen molar-refractivity contribution in [1.82, 2.24) is 9.71 Å². The number of sulfonamides is 1. The number of carbonyl (C=O) groups is 3. The predicted octanol–water partition coefficient (Wildman–Crippen LogP) is 2.13. The smallest absolute Gasteiger partial charge is 0.340 e.